The maximum atomic E-state index is 11.4. The van der Waals surface area contributed by atoms with E-state index in [1.807, 2.05) is 30.1 Å². The fourth-order valence-corrected chi connectivity index (χ4v) is 3.06. The van der Waals surface area contributed by atoms with Crippen molar-refractivity contribution in [2.24, 2.45) is 0 Å². The minimum atomic E-state index is -0.328. The monoisotopic (exact) mass is 269 g/mol. The maximum absolute atomic E-state index is 11.4. The number of hydrogen-bond acceptors (Lipinski definition) is 4. The van der Waals surface area contributed by atoms with E-state index in [1.54, 1.807) is 6.92 Å². The fourth-order valence-electron chi connectivity index (χ4n) is 1.61. The summed E-state index contributed by atoms with van der Waals surface area (Å²) in [6.45, 7) is 2.16. The molecule has 17 heavy (non-hydrogen) atoms. The molecule has 3 nitrogen and oxygen atoms in total. The summed E-state index contributed by atoms with van der Waals surface area (Å²) >= 11 is 7.64. The van der Waals surface area contributed by atoms with Crippen LogP contribution in [0.4, 0.5) is 5.69 Å². The quantitative estimate of drug-likeness (QED) is 0.609. The van der Waals surface area contributed by atoms with Crippen LogP contribution >= 0.6 is 23.4 Å². The van der Waals surface area contributed by atoms with E-state index in [9.17, 15) is 4.79 Å². The van der Waals surface area contributed by atoms with Gasteiger partial charge in [0.2, 0.25) is 0 Å². The van der Waals surface area contributed by atoms with Crippen molar-refractivity contribution in [1.29, 1.82) is 0 Å². The predicted octanol–water partition coefficient (Wildman–Crippen LogP) is 3.29. The molecule has 1 heterocycles. The van der Waals surface area contributed by atoms with E-state index in [1.165, 1.54) is 17.8 Å². The lowest BCUT2D eigenvalue weighted by atomic mass is 10.3. The Labute approximate surface area is 109 Å². The number of nitrogens with zero attached hydrogens (tertiary/aromatic N) is 1. The summed E-state index contributed by atoms with van der Waals surface area (Å²) < 4.78 is 4.89. The molecule has 1 aromatic carbocycles. The number of anilines is 1. The second-order valence-corrected chi connectivity index (χ2v) is 4.95. The number of thioether (sulfide) groups is 1. The Balaban J connectivity index is 2.28. The number of hydrogen-bond donors (Lipinski definition) is 0. The molecule has 0 aliphatic carbocycles. The molecule has 0 bridgehead atoms. The van der Waals surface area contributed by atoms with E-state index in [0.717, 1.165) is 15.6 Å². The summed E-state index contributed by atoms with van der Waals surface area (Å²) in [4.78, 5) is 14.4. The van der Waals surface area contributed by atoms with Crippen molar-refractivity contribution < 1.29 is 9.53 Å². The van der Waals surface area contributed by atoms with Gasteiger partial charge in [-0.25, -0.2) is 4.79 Å². The number of carbonyl (C=O) groups is 1. The molecule has 1 aromatic rings. The number of benzene rings is 1. The highest BCUT2D eigenvalue weighted by Crippen LogP contribution is 2.48. The molecule has 0 N–H and O–H groups in total. The molecule has 0 fully saturated rings. The predicted molar refractivity (Wildman–Crippen MR) is 70.4 cm³/mol. The third-order valence-electron chi connectivity index (χ3n) is 2.36. The van der Waals surface area contributed by atoms with Gasteiger partial charge in [-0.1, -0.05) is 29.4 Å². The molecule has 0 saturated carbocycles. The minimum absolute atomic E-state index is 0.328. The van der Waals surface area contributed by atoms with Gasteiger partial charge in [0.15, 0.2) is 0 Å². The van der Waals surface area contributed by atoms with Crippen molar-refractivity contribution >= 4 is 35.0 Å². The number of ether oxygens (including phenoxy) is 1. The zero-order chi connectivity index (χ0) is 12.4. The zero-order valence-electron chi connectivity index (χ0n) is 9.57. The van der Waals surface area contributed by atoms with Crippen LogP contribution in [0.5, 0.6) is 0 Å². The minimum Gasteiger partial charge on any atom is -0.463 e. The Morgan fingerprint density at radius 2 is 2.35 bits per heavy atom. The molecule has 0 unspecified atom stereocenters. The van der Waals surface area contributed by atoms with E-state index in [2.05, 4.69) is 0 Å². The summed E-state index contributed by atoms with van der Waals surface area (Å²) in [7, 11) is 1.88. The van der Waals surface area contributed by atoms with Gasteiger partial charge >= 0.3 is 5.97 Å². The Morgan fingerprint density at radius 1 is 1.59 bits per heavy atom. The topological polar surface area (TPSA) is 29.5 Å². The van der Waals surface area contributed by atoms with E-state index in [4.69, 9.17) is 16.3 Å². The van der Waals surface area contributed by atoms with Crippen LogP contribution in [0.3, 0.4) is 0 Å². The standard InChI is InChI=1S/C12H12ClNO2S/c1-3-16-11(15)7-10-14(2)12-8(13)5-4-6-9(12)17-10/h4-7H,3H2,1-2H3. The highest BCUT2D eigenvalue weighted by atomic mass is 35.5. The molecule has 0 saturated heterocycles. The van der Waals surface area contributed by atoms with Crippen LogP contribution in [0, 0.1) is 0 Å². The van der Waals surface area contributed by atoms with Gasteiger partial charge in [0.05, 0.1) is 28.4 Å². The first-order valence-corrected chi connectivity index (χ1v) is 6.41. The molecule has 0 spiro atoms. The van der Waals surface area contributed by atoms with Gasteiger partial charge in [-0.3, -0.25) is 0 Å². The van der Waals surface area contributed by atoms with Crippen molar-refractivity contribution in [3.8, 4) is 0 Å². The molecule has 5 heteroatoms. The summed E-state index contributed by atoms with van der Waals surface area (Å²) in [6.07, 6.45) is 1.49. The number of esters is 1. The average Bonchev–Trinajstić information content (AvgIpc) is 2.57. The molecule has 0 atom stereocenters. The van der Waals surface area contributed by atoms with Crippen molar-refractivity contribution in [3.63, 3.8) is 0 Å². The lowest BCUT2D eigenvalue weighted by molar-refractivity contribution is -0.137. The third-order valence-corrected chi connectivity index (χ3v) is 3.81. The lowest BCUT2D eigenvalue weighted by Gasteiger charge is -2.14. The van der Waals surface area contributed by atoms with Gasteiger partial charge in [-0.05, 0) is 19.1 Å². The van der Waals surface area contributed by atoms with Gasteiger partial charge < -0.3 is 9.64 Å². The van der Waals surface area contributed by atoms with Gasteiger partial charge in [-0.2, -0.15) is 0 Å². The Morgan fingerprint density at radius 3 is 3.00 bits per heavy atom. The van der Waals surface area contributed by atoms with E-state index < -0.39 is 0 Å². The molecule has 1 aliphatic heterocycles. The molecule has 1 aliphatic rings. The number of carbonyl (C=O) groups excluding carboxylic acids is 1. The highest BCUT2D eigenvalue weighted by Gasteiger charge is 2.25. The third kappa shape index (κ3) is 2.42. The van der Waals surface area contributed by atoms with Crippen LogP contribution in [0.25, 0.3) is 0 Å². The summed E-state index contributed by atoms with van der Waals surface area (Å²) in [5, 5.41) is 1.51. The second-order valence-electron chi connectivity index (χ2n) is 3.48. The Kier molecular flexibility index (Phi) is 3.64. The number of para-hydroxylation sites is 1. The van der Waals surface area contributed by atoms with Gasteiger partial charge in [0.25, 0.3) is 0 Å². The smallest absolute Gasteiger partial charge is 0.333 e. The van der Waals surface area contributed by atoms with Crippen LogP contribution in [-0.2, 0) is 9.53 Å². The molecule has 2 rings (SSSR count). The fraction of sp³-hybridized carbons (Fsp3) is 0.250. The van der Waals surface area contributed by atoms with Gasteiger partial charge in [-0.15, -0.1) is 0 Å². The summed E-state index contributed by atoms with van der Waals surface area (Å²) in [5.41, 5.74) is 0.940. The van der Waals surface area contributed by atoms with Crippen LogP contribution in [0.1, 0.15) is 6.92 Å². The largest absolute Gasteiger partial charge is 0.463 e. The van der Waals surface area contributed by atoms with Crippen molar-refractivity contribution in [1.82, 2.24) is 0 Å². The van der Waals surface area contributed by atoms with Crippen LogP contribution < -0.4 is 4.90 Å². The molecular formula is C12H12ClNO2S. The van der Waals surface area contributed by atoms with Gasteiger partial charge in [0, 0.05) is 11.9 Å². The second kappa shape index (κ2) is 5.02. The molecule has 90 valence electrons. The Hall–Kier alpha value is -1.13. The average molecular weight is 270 g/mol. The maximum Gasteiger partial charge on any atom is 0.333 e. The summed E-state index contributed by atoms with van der Waals surface area (Å²) in [5.74, 6) is -0.328. The number of fused-ring (bicyclic) bond motifs is 1. The highest BCUT2D eigenvalue weighted by molar-refractivity contribution is 8.03. The first-order valence-electron chi connectivity index (χ1n) is 5.22. The normalized spacial score (nSPS) is 16.2. The molecule has 0 radical (unpaired) electrons. The number of halogens is 1. The Bertz CT molecular complexity index is 487. The molecule has 0 amide bonds. The van der Waals surface area contributed by atoms with Crippen LogP contribution in [-0.4, -0.2) is 19.6 Å². The van der Waals surface area contributed by atoms with Crippen molar-refractivity contribution in [2.45, 2.75) is 11.8 Å². The van der Waals surface area contributed by atoms with Crippen molar-refractivity contribution in [2.75, 3.05) is 18.6 Å². The first kappa shape index (κ1) is 12.3. The van der Waals surface area contributed by atoms with E-state index in [0.29, 0.717) is 11.6 Å². The molecule has 0 aromatic heterocycles. The van der Waals surface area contributed by atoms with Crippen LogP contribution in [0.15, 0.2) is 34.2 Å². The van der Waals surface area contributed by atoms with E-state index >= 15 is 0 Å². The van der Waals surface area contributed by atoms with Crippen molar-refractivity contribution in [3.05, 3.63) is 34.3 Å². The molecular weight excluding hydrogens is 258 g/mol. The lowest BCUT2D eigenvalue weighted by Crippen LogP contribution is -2.12. The first-order chi connectivity index (χ1) is 8.13. The number of rotatable bonds is 2. The van der Waals surface area contributed by atoms with E-state index in [-0.39, 0.29) is 5.97 Å². The zero-order valence-corrected chi connectivity index (χ0v) is 11.1. The summed E-state index contributed by atoms with van der Waals surface area (Å²) in [6, 6.07) is 5.72. The van der Waals surface area contributed by atoms with Crippen LogP contribution in [0.2, 0.25) is 5.02 Å². The van der Waals surface area contributed by atoms with Gasteiger partial charge in [0.1, 0.15) is 0 Å². The SMILES string of the molecule is CCOC(=O)C=C1Sc2cccc(Cl)c2N1C.